The highest BCUT2D eigenvalue weighted by molar-refractivity contribution is 5.78. The van der Waals surface area contributed by atoms with Gasteiger partial charge in [-0.3, -0.25) is 0 Å². The Morgan fingerprint density at radius 3 is 2.71 bits per heavy atom. The molecule has 0 aromatic heterocycles. The van der Waals surface area contributed by atoms with Crippen molar-refractivity contribution in [3.8, 4) is 11.3 Å². The van der Waals surface area contributed by atoms with Crippen LogP contribution in [0.3, 0.4) is 0 Å². The summed E-state index contributed by atoms with van der Waals surface area (Å²) in [6.07, 6.45) is 1.00. The monoisotopic (exact) mass is 372 g/mol. The second-order valence-corrected chi connectivity index (χ2v) is 7.21. The highest BCUT2D eigenvalue weighted by Crippen LogP contribution is 2.39. The van der Waals surface area contributed by atoms with Gasteiger partial charge in [0.15, 0.2) is 0 Å². The second-order valence-electron chi connectivity index (χ2n) is 7.21. The lowest BCUT2D eigenvalue weighted by Gasteiger charge is -2.37. The molecule has 1 aliphatic carbocycles. The van der Waals surface area contributed by atoms with Gasteiger partial charge in [-0.2, -0.15) is 4.98 Å². The zero-order valence-corrected chi connectivity index (χ0v) is 15.6. The average Bonchev–Trinajstić information content (AvgIpc) is 3.18. The summed E-state index contributed by atoms with van der Waals surface area (Å²) in [4.78, 5) is 10.6. The van der Waals surface area contributed by atoms with Crippen LogP contribution in [0.2, 0.25) is 0 Å². The summed E-state index contributed by atoms with van der Waals surface area (Å²) >= 11 is 0. The zero-order valence-electron chi connectivity index (χ0n) is 15.6. The number of fused-ring (bicyclic) bond motifs is 2. The first-order valence-electron chi connectivity index (χ1n) is 9.55. The van der Waals surface area contributed by atoms with E-state index in [4.69, 9.17) is 4.98 Å². The van der Waals surface area contributed by atoms with E-state index < -0.39 is 0 Å². The average molecular weight is 372 g/mol. The molecule has 0 fully saturated rings. The van der Waals surface area contributed by atoms with E-state index in [1.54, 1.807) is 12.1 Å². The Morgan fingerprint density at radius 1 is 1.04 bits per heavy atom. The number of anilines is 3. The Hall–Kier alpha value is -3.34. The molecule has 5 rings (SSSR count). The molecule has 1 atom stereocenters. The van der Waals surface area contributed by atoms with E-state index in [1.165, 1.54) is 23.3 Å². The molecule has 0 amide bonds. The van der Waals surface area contributed by atoms with Gasteiger partial charge in [0, 0.05) is 17.8 Å². The van der Waals surface area contributed by atoms with Crippen molar-refractivity contribution >= 4 is 17.5 Å². The predicted molar refractivity (Wildman–Crippen MR) is 111 cm³/mol. The van der Waals surface area contributed by atoms with Crippen LogP contribution in [0.4, 0.5) is 21.8 Å². The zero-order chi connectivity index (χ0) is 19.1. The van der Waals surface area contributed by atoms with E-state index in [9.17, 15) is 4.39 Å². The molecule has 3 aliphatic rings. The third-order valence-corrected chi connectivity index (χ3v) is 5.50. The number of hydrogen-bond acceptors (Lipinski definition) is 3. The molecule has 0 saturated heterocycles. The number of nitrogens with one attached hydrogen (secondary N) is 2. The van der Waals surface area contributed by atoms with Gasteiger partial charge < -0.3 is 15.2 Å². The topological polar surface area (TPSA) is 44.0 Å². The van der Waals surface area contributed by atoms with Crippen molar-refractivity contribution in [2.75, 3.05) is 16.8 Å². The van der Waals surface area contributed by atoms with Crippen molar-refractivity contribution in [3.63, 3.8) is 0 Å². The van der Waals surface area contributed by atoms with Crippen LogP contribution in [-0.4, -0.2) is 16.5 Å². The van der Waals surface area contributed by atoms with Crippen molar-refractivity contribution in [2.45, 2.75) is 19.4 Å². The smallest absolute Gasteiger partial charge is 0.207 e. The number of nitrogens with zero attached hydrogens (tertiary/aromatic N) is 2. The molecule has 5 heteroatoms. The largest absolute Gasteiger partial charge is 0.349 e. The number of benzene rings is 2. The van der Waals surface area contributed by atoms with Crippen molar-refractivity contribution in [2.24, 2.45) is 0 Å². The molecule has 2 aromatic carbocycles. The molecule has 2 aromatic rings. The number of aromatic nitrogens is 2. The first kappa shape index (κ1) is 16.8. The Balaban J connectivity index is 1.54. The molecule has 0 saturated carbocycles. The van der Waals surface area contributed by atoms with Gasteiger partial charge in [-0.1, -0.05) is 30.3 Å². The number of halogens is 1. The second kappa shape index (κ2) is 6.68. The Bertz CT molecular complexity index is 1090. The molecular formula is C23H21FN4. The predicted octanol–water partition coefficient (Wildman–Crippen LogP) is 5.52. The Kier molecular flexibility index (Phi) is 4.01. The molecule has 1 unspecified atom stereocenters. The summed E-state index contributed by atoms with van der Waals surface area (Å²) in [5.41, 5.74) is 5.70. The summed E-state index contributed by atoms with van der Waals surface area (Å²) in [6.45, 7) is 3.16. The van der Waals surface area contributed by atoms with Crippen LogP contribution in [-0.2, 0) is 6.42 Å². The van der Waals surface area contributed by atoms with Crippen molar-refractivity contribution in [3.05, 3.63) is 83.7 Å². The molecule has 0 radical (unpaired) electrons. The van der Waals surface area contributed by atoms with Gasteiger partial charge in [0.1, 0.15) is 11.6 Å². The van der Waals surface area contributed by atoms with Gasteiger partial charge in [-0.05, 0) is 60.9 Å². The van der Waals surface area contributed by atoms with E-state index >= 15 is 0 Å². The molecule has 0 spiro atoms. The van der Waals surface area contributed by atoms with Crippen LogP contribution in [0.25, 0.3) is 11.3 Å². The lowest BCUT2D eigenvalue weighted by molar-refractivity contribution is 0.617. The molecule has 140 valence electrons. The van der Waals surface area contributed by atoms with Crippen LogP contribution in [0.15, 0.2) is 66.7 Å². The number of rotatable bonds is 3. The fraction of sp³-hybridized carbons (Fsp3) is 0.174. The van der Waals surface area contributed by atoms with Gasteiger partial charge in [-0.25, -0.2) is 4.39 Å². The maximum Gasteiger partial charge on any atom is 0.207 e. The summed E-state index contributed by atoms with van der Waals surface area (Å²) in [7, 11) is 0. The highest BCUT2D eigenvalue weighted by Gasteiger charge is 2.27. The van der Waals surface area contributed by atoms with E-state index in [2.05, 4.69) is 58.5 Å². The molecule has 2 heterocycles. The number of H-pyrrole nitrogens is 1. The van der Waals surface area contributed by atoms with Gasteiger partial charge >= 0.3 is 0 Å². The van der Waals surface area contributed by atoms with Crippen LogP contribution >= 0.6 is 0 Å². The molecule has 28 heavy (non-hydrogen) atoms. The summed E-state index contributed by atoms with van der Waals surface area (Å²) in [5, 5.41) is 3.27. The number of hydrogen-bond donors (Lipinski definition) is 2. The fourth-order valence-electron chi connectivity index (χ4n) is 4.06. The molecule has 0 bridgehead atoms. The van der Waals surface area contributed by atoms with Crippen molar-refractivity contribution in [1.29, 1.82) is 0 Å². The van der Waals surface area contributed by atoms with E-state index in [-0.39, 0.29) is 11.9 Å². The minimum absolute atomic E-state index is 0.247. The van der Waals surface area contributed by atoms with Gasteiger partial charge in [0.05, 0.1) is 11.7 Å². The van der Waals surface area contributed by atoms with Crippen LogP contribution < -0.4 is 10.2 Å². The van der Waals surface area contributed by atoms with E-state index in [1.807, 2.05) is 6.07 Å². The van der Waals surface area contributed by atoms with Crippen LogP contribution in [0.5, 0.6) is 0 Å². The molecule has 2 N–H and O–H groups in total. The third kappa shape index (κ3) is 2.89. The fourth-order valence-corrected chi connectivity index (χ4v) is 4.06. The normalized spacial score (nSPS) is 16.2. The summed E-state index contributed by atoms with van der Waals surface area (Å²) in [5.74, 6) is 1.35. The maximum absolute atomic E-state index is 13.2. The lowest BCUT2D eigenvalue weighted by Crippen LogP contribution is -2.35. The minimum atomic E-state index is -0.254. The van der Waals surface area contributed by atoms with Gasteiger partial charge in [0.25, 0.3) is 0 Å². The first-order chi connectivity index (χ1) is 13.7. The highest BCUT2D eigenvalue weighted by atomic mass is 19.1. The summed E-state index contributed by atoms with van der Waals surface area (Å²) < 4.78 is 13.2. The quantitative estimate of drug-likeness (QED) is 0.498. The SMILES string of the molecule is CC1c2ccccc2CCN1c1nc(Nc2ccc(F)cc2)[nH]c2cccc1-2. The molecule has 2 aliphatic heterocycles. The van der Waals surface area contributed by atoms with Crippen molar-refractivity contribution < 1.29 is 4.39 Å². The Labute approximate surface area is 163 Å². The van der Waals surface area contributed by atoms with Crippen molar-refractivity contribution in [1.82, 2.24) is 9.97 Å². The molecular weight excluding hydrogens is 351 g/mol. The van der Waals surface area contributed by atoms with Gasteiger partial charge in [-0.15, -0.1) is 0 Å². The number of aromatic amines is 1. The third-order valence-electron chi connectivity index (χ3n) is 5.50. The van der Waals surface area contributed by atoms with Crippen LogP contribution in [0.1, 0.15) is 24.1 Å². The lowest BCUT2D eigenvalue weighted by atomic mass is 9.93. The van der Waals surface area contributed by atoms with Crippen LogP contribution in [0, 0.1) is 5.82 Å². The van der Waals surface area contributed by atoms with E-state index in [0.717, 1.165) is 35.7 Å². The minimum Gasteiger partial charge on any atom is -0.349 e. The van der Waals surface area contributed by atoms with E-state index in [0.29, 0.717) is 5.95 Å². The van der Waals surface area contributed by atoms with Gasteiger partial charge in [0.2, 0.25) is 5.95 Å². The Morgan fingerprint density at radius 2 is 1.86 bits per heavy atom. The maximum atomic E-state index is 13.2. The first-order valence-corrected chi connectivity index (χ1v) is 9.55. The summed E-state index contributed by atoms with van der Waals surface area (Å²) in [6, 6.07) is 21.4. The molecule has 4 nitrogen and oxygen atoms in total. The standard InChI is InChI=1S/C23H21FN4/c1-15-19-6-3-2-5-16(19)13-14-28(15)22-20-7-4-8-21(20)26-23(27-22)25-18-11-9-17(24)10-12-18/h2-12,15H,13-14H2,1H3,(H2,25,26,27).